The monoisotopic (exact) mass is 406 g/mol. The molecule has 134 valence electrons. The van der Waals surface area contributed by atoms with Gasteiger partial charge in [-0.2, -0.15) is 0 Å². The Morgan fingerprint density at radius 3 is 2.48 bits per heavy atom. The molecule has 25 heavy (non-hydrogen) atoms. The Balaban J connectivity index is 1.67. The van der Waals surface area contributed by atoms with Gasteiger partial charge in [0.05, 0.1) is 20.2 Å². The lowest BCUT2D eigenvalue weighted by atomic mass is 10.2. The van der Waals surface area contributed by atoms with E-state index >= 15 is 0 Å². The van der Waals surface area contributed by atoms with Crippen LogP contribution in [0, 0.1) is 0 Å². The van der Waals surface area contributed by atoms with Crippen molar-refractivity contribution in [3.05, 3.63) is 58.6 Å². The molecule has 2 aromatic rings. The van der Waals surface area contributed by atoms with Gasteiger partial charge in [-0.25, -0.2) is 0 Å². The Kier molecular flexibility index (Phi) is 7.76. The van der Waals surface area contributed by atoms with Crippen molar-refractivity contribution in [3.8, 4) is 11.5 Å². The maximum absolute atomic E-state index is 12.0. The molecule has 0 aliphatic heterocycles. The summed E-state index contributed by atoms with van der Waals surface area (Å²) in [6.45, 7) is 1.90. The third-order valence-corrected chi connectivity index (χ3v) is 4.06. The first-order valence-corrected chi connectivity index (χ1v) is 8.83. The minimum atomic E-state index is -0.0248. The highest BCUT2D eigenvalue weighted by Gasteiger charge is 2.07. The number of carbonyl (C=O) groups is 1. The SMILES string of the molecule is COc1ccccc1OCCNC(=O)CN(C)Cc1ccc(Br)cc1. The van der Waals surface area contributed by atoms with E-state index < -0.39 is 0 Å². The molecule has 0 spiro atoms. The van der Waals surface area contributed by atoms with E-state index in [1.54, 1.807) is 7.11 Å². The average molecular weight is 407 g/mol. The number of nitrogens with zero attached hydrogens (tertiary/aromatic N) is 1. The number of likely N-dealkylation sites (N-methyl/N-ethyl adjacent to an activating group) is 1. The third-order valence-electron chi connectivity index (χ3n) is 3.53. The summed E-state index contributed by atoms with van der Waals surface area (Å²) in [5, 5.41) is 2.86. The van der Waals surface area contributed by atoms with Gasteiger partial charge in [0.1, 0.15) is 6.61 Å². The van der Waals surface area contributed by atoms with E-state index in [0.29, 0.717) is 31.2 Å². The van der Waals surface area contributed by atoms with Crippen molar-refractivity contribution in [1.29, 1.82) is 0 Å². The number of hydrogen-bond donors (Lipinski definition) is 1. The van der Waals surface area contributed by atoms with Crippen molar-refractivity contribution < 1.29 is 14.3 Å². The van der Waals surface area contributed by atoms with Crippen LogP contribution in [-0.2, 0) is 11.3 Å². The van der Waals surface area contributed by atoms with Crippen molar-refractivity contribution in [3.63, 3.8) is 0 Å². The van der Waals surface area contributed by atoms with Crippen molar-refractivity contribution >= 4 is 21.8 Å². The summed E-state index contributed by atoms with van der Waals surface area (Å²) in [4.78, 5) is 14.0. The zero-order valence-electron chi connectivity index (χ0n) is 14.5. The molecule has 0 aromatic heterocycles. The number of carbonyl (C=O) groups excluding carboxylic acids is 1. The smallest absolute Gasteiger partial charge is 0.234 e. The molecule has 0 unspecified atom stereocenters. The summed E-state index contributed by atoms with van der Waals surface area (Å²) in [6, 6.07) is 15.5. The molecule has 0 saturated heterocycles. The predicted octanol–water partition coefficient (Wildman–Crippen LogP) is 3.08. The summed E-state index contributed by atoms with van der Waals surface area (Å²) >= 11 is 3.42. The molecule has 2 rings (SSSR count). The van der Waals surface area contributed by atoms with Gasteiger partial charge in [-0.15, -0.1) is 0 Å². The van der Waals surface area contributed by atoms with Gasteiger partial charge in [0, 0.05) is 11.0 Å². The van der Waals surface area contributed by atoms with E-state index in [-0.39, 0.29) is 5.91 Å². The largest absolute Gasteiger partial charge is 0.493 e. The minimum absolute atomic E-state index is 0.0248. The summed E-state index contributed by atoms with van der Waals surface area (Å²) < 4.78 is 11.9. The van der Waals surface area contributed by atoms with E-state index in [2.05, 4.69) is 21.2 Å². The summed E-state index contributed by atoms with van der Waals surface area (Å²) in [5.41, 5.74) is 1.16. The van der Waals surface area contributed by atoms with E-state index in [0.717, 1.165) is 16.6 Å². The van der Waals surface area contributed by atoms with Gasteiger partial charge in [0.2, 0.25) is 5.91 Å². The van der Waals surface area contributed by atoms with Gasteiger partial charge in [-0.1, -0.05) is 40.2 Å². The predicted molar refractivity (Wildman–Crippen MR) is 102 cm³/mol. The molecule has 0 heterocycles. The van der Waals surface area contributed by atoms with Crippen molar-refractivity contribution in [2.45, 2.75) is 6.54 Å². The fourth-order valence-corrected chi connectivity index (χ4v) is 2.61. The Bertz CT molecular complexity index is 677. The summed E-state index contributed by atoms with van der Waals surface area (Å²) in [7, 11) is 3.53. The second-order valence-electron chi connectivity index (χ2n) is 5.65. The average Bonchev–Trinajstić information content (AvgIpc) is 2.61. The van der Waals surface area contributed by atoms with E-state index in [1.165, 1.54) is 0 Å². The molecular formula is C19H23BrN2O3. The second kappa shape index (κ2) is 10.1. The Morgan fingerprint density at radius 1 is 1.12 bits per heavy atom. The molecule has 2 aromatic carbocycles. The van der Waals surface area contributed by atoms with Crippen LogP contribution in [0.4, 0.5) is 0 Å². The lowest BCUT2D eigenvalue weighted by molar-refractivity contribution is -0.122. The molecule has 0 aliphatic rings. The number of ether oxygens (including phenoxy) is 2. The Morgan fingerprint density at radius 2 is 1.80 bits per heavy atom. The zero-order valence-corrected chi connectivity index (χ0v) is 16.1. The highest BCUT2D eigenvalue weighted by Crippen LogP contribution is 2.25. The molecular weight excluding hydrogens is 384 g/mol. The quantitative estimate of drug-likeness (QED) is 0.650. The number of para-hydroxylation sites is 2. The van der Waals surface area contributed by atoms with Crippen LogP contribution in [0.5, 0.6) is 11.5 Å². The molecule has 0 fully saturated rings. The molecule has 0 radical (unpaired) electrons. The Hall–Kier alpha value is -2.05. The van der Waals surface area contributed by atoms with Crippen LogP contribution in [0.3, 0.4) is 0 Å². The van der Waals surface area contributed by atoms with Gasteiger partial charge in [0.25, 0.3) is 0 Å². The van der Waals surface area contributed by atoms with Crippen molar-refractivity contribution in [1.82, 2.24) is 10.2 Å². The molecule has 5 nitrogen and oxygen atoms in total. The molecule has 0 bridgehead atoms. The maximum Gasteiger partial charge on any atom is 0.234 e. The molecule has 0 atom stereocenters. The zero-order chi connectivity index (χ0) is 18.1. The highest BCUT2D eigenvalue weighted by molar-refractivity contribution is 9.10. The lowest BCUT2D eigenvalue weighted by Crippen LogP contribution is -2.36. The summed E-state index contributed by atoms with van der Waals surface area (Å²) in [5.74, 6) is 1.33. The normalized spacial score (nSPS) is 10.6. The van der Waals surface area contributed by atoms with Crippen LogP contribution < -0.4 is 14.8 Å². The number of hydrogen-bond acceptors (Lipinski definition) is 4. The summed E-state index contributed by atoms with van der Waals surface area (Å²) in [6.07, 6.45) is 0. The van der Waals surface area contributed by atoms with Crippen LogP contribution >= 0.6 is 15.9 Å². The number of amides is 1. The standard InChI is InChI=1S/C19H23BrN2O3/c1-22(13-15-7-9-16(20)10-8-15)14-19(23)21-11-12-25-18-6-4-3-5-17(18)24-2/h3-10H,11-14H2,1-2H3,(H,21,23). The van der Waals surface area contributed by atoms with Gasteiger partial charge in [-0.3, -0.25) is 9.69 Å². The number of halogens is 1. The van der Waals surface area contributed by atoms with Crippen molar-refractivity contribution in [2.24, 2.45) is 0 Å². The van der Waals surface area contributed by atoms with Gasteiger partial charge in [-0.05, 0) is 36.9 Å². The van der Waals surface area contributed by atoms with Crippen LogP contribution in [0.25, 0.3) is 0 Å². The molecule has 0 aliphatic carbocycles. The van der Waals surface area contributed by atoms with Crippen LogP contribution in [0.1, 0.15) is 5.56 Å². The molecule has 6 heteroatoms. The number of rotatable bonds is 9. The molecule has 1 amide bonds. The number of methoxy groups -OCH3 is 1. The van der Waals surface area contributed by atoms with Crippen molar-refractivity contribution in [2.75, 3.05) is 33.9 Å². The van der Waals surface area contributed by atoms with Gasteiger partial charge < -0.3 is 14.8 Å². The maximum atomic E-state index is 12.0. The van der Waals surface area contributed by atoms with E-state index in [4.69, 9.17) is 9.47 Å². The first-order chi connectivity index (χ1) is 12.1. The number of benzene rings is 2. The molecule has 1 N–H and O–H groups in total. The van der Waals surface area contributed by atoms with E-state index in [9.17, 15) is 4.79 Å². The molecule has 0 saturated carbocycles. The first-order valence-electron chi connectivity index (χ1n) is 8.04. The van der Waals surface area contributed by atoms with Crippen LogP contribution in [-0.4, -0.2) is 44.7 Å². The van der Waals surface area contributed by atoms with Gasteiger partial charge in [0.15, 0.2) is 11.5 Å². The fourth-order valence-electron chi connectivity index (χ4n) is 2.35. The topological polar surface area (TPSA) is 50.8 Å². The first kappa shape index (κ1) is 19.3. The highest BCUT2D eigenvalue weighted by atomic mass is 79.9. The second-order valence-corrected chi connectivity index (χ2v) is 6.56. The van der Waals surface area contributed by atoms with E-state index in [1.807, 2.05) is 60.5 Å². The lowest BCUT2D eigenvalue weighted by Gasteiger charge is -2.16. The van der Waals surface area contributed by atoms with Crippen LogP contribution in [0.2, 0.25) is 0 Å². The number of nitrogens with one attached hydrogen (secondary N) is 1. The van der Waals surface area contributed by atoms with Crippen LogP contribution in [0.15, 0.2) is 53.0 Å². The Labute approximate surface area is 157 Å². The fraction of sp³-hybridized carbons (Fsp3) is 0.316. The third kappa shape index (κ3) is 6.76. The van der Waals surface area contributed by atoms with Gasteiger partial charge >= 0.3 is 0 Å². The minimum Gasteiger partial charge on any atom is -0.493 e.